The van der Waals surface area contributed by atoms with Crippen LogP contribution in [0.3, 0.4) is 0 Å². The van der Waals surface area contributed by atoms with Crippen LogP contribution in [0.4, 0.5) is 4.79 Å². The Balaban J connectivity index is 2.14. The van der Waals surface area contributed by atoms with E-state index >= 15 is 0 Å². The lowest BCUT2D eigenvalue weighted by Gasteiger charge is -2.12. The van der Waals surface area contributed by atoms with Crippen molar-refractivity contribution < 1.29 is 4.79 Å². The van der Waals surface area contributed by atoms with Crippen molar-refractivity contribution in [3.63, 3.8) is 0 Å². The first kappa shape index (κ1) is 13.4. The Labute approximate surface area is 101 Å². The number of carbonyl (C=O) groups excluding carboxylic acids is 1. The van der Waals surface area contributed by atoms with Crippen molar-refractivity contribution >= 4 is 6.03 Å². The molecule has 0 aliphatic carbocycles. The molecule has 0 saturated heterocycles. The molecule has 2 amide bonds. The molecule has 17 heavy (non-hydrogen) atoms. The third kappa shape index (κ3) is 5.26. The summed E-state index contributed by atoms with van der Waals surface area (Å²) < 4.78 is 0. The molecule has 0 atom stereocenters. The molecule has 0 unspecified atom stereocenters. The van der Waals surface area contributed by atoms with Crippen LogP contribution in [-0.4, -0.2) is 48.1 Å². The highest BCUT2D eigenvalue weighted by atomic mass is 16.2. The first-order valence-electron chi connectivity index (χ1n) is 5.54. The summed E-state index contributed by atoms with van der Waals surface area (Å²) in [7, 11) is 3.43. The summed E-state index contributed by atoms with van der Waals surface area (Å²) >= 11 is 0. The van der Waals surface area contributed by atoms with Crippen LogP contribution in [-0.2, 0) is 6.54 Å². The number of nitrogens with one attached hydrogen (secondary N) is 2. The smallest absolute Gasteiger partial charge is 0.316 e. The van der Waals surface area contributed by atoms with Gasteiger partial charge in [0.25, 0.3) is 0 Å². The topological polar surface area (TPSA) is 70.2 Å². The van der Waals surface area contributed by atoms with Gasteiger partial charge in [-0.1, -0.05) is 0 Å². The van der Waals surface area contributed by atoms with E-state index in [0.717, 1.165) is 11.5 Å². The van der Waals surface area contributed by atoms with Gasteiger partial charge in [-0.15, -0.1) is 0 Å². The highest BCUT2D eigenvalue weighted by molar-refractivity contribution is 5.73. The molecule has 0 fully saturated rings. The van der Waals surface area contributed by atoms with Crippen LogP contribution in [0.1, 0.15) is 11.5 Å². The van der Waals surface area contributed by atoms with E-state index in [1.54, 1.807) is 20.3 Å². The summed E-state index contributed by atoms with van der Waals surface area (Å²) in [4.78, 5) is 21.0. The lowest BCUT2D eigenvalue weighted by atomic mass is 10.4. The lowest BCUT2D eigenvalue weighted by Crippen LogP contribution is -2.38. The van der Waals surface area contributed by atoms with E-state index in [0.29, 0.717) is 19.6 Å². The third-order valence-electron chi connectivity index (χ3n) is 2.12. The van der Waals surface area contributed by atoms with Crippen LogP contribution >= 0.6 is 0 Å². The summed E-state index contributed by atoms with van der Waals surface area (Å²) in [5, 5.41) is 5.97. The number of aryl methyl sites for hydroxylation is 1. The van der Waals surface area contributed by atoms with E-state index in [1.165, 1.54) is 4.90 Å². The van der Waals surface area contributed by atoms with Crippen LogP contribution in [0.25, 0.3) is 0 Å². The average molecular weight is 237 g/mol. The van der Waals surface area contributed by atoms with Gasteiger partial charge in [0.05, 0.1) is 5.69 Å². The number of carbonyl (C=O) groups is 1. The maximum Gasteiger partial charge on any atom is 0.316 e. The fourth-order valence-corrected chi connectivity index (χ4v) is 1.24. The van der Waals surface area contributed by atoms with Crippen molar-refractivity contribution in [2.24, 2.45) is 0 Å². The Hall–Kier alpha value is -1.69. The predicted molar refractivity (Wildman–Crippen MR) is 65.6 cm³/mol. The molecule has 0 aliphatic rings. The molecule has 1 rings (SSSR count). The molecule has 1 aromatic rings. The van der Waals surface area contributed by atoms with Crippen LogP contribution < -0.4 is 10.6 Å². The van der Waals surface area contributed by atoms with Gasteiger partial charge in [0.15, 0.2) is 0 Å². The van der Waals surface area contributed by atoms with Crippen molar-refractivity contribution in [1.29, 1.82) is 0 Å². The second kappa shape index (κ2) is 6.80. The second-order valence-corrected chi connectivity index (χ2v) is 3.90. The molecule has 2 N–H and O–H groups in total. The zero-order valence-corrected chi connectivity index (χ0v) is 10.5. The average Bonchev–Trinajstić information content (AvgIpc) is 2.28. The maximum absolute atomic E-state index is 11.2. The molecule has 0 aliphatic heterocycles. The Morgan fingerprint density at radius 1 is 1.41 bits per heavy atom. The fourth-order valence-electron chi connectivity index (χ4n) is 1.24. The first-order valence-corrected chi connectivity index (χ1v) is 5.54. The van der Waals surface area contributed by atoms with E-state index in [4.69, 9.17) is 0 Å². The normalized spacial score (nSPS) is 10.1. The van der Waals surface area contributed by atoms with E-state index in [2.05, 4.69) is 20.6 Å². The van der Waals surface area contributed by atoms with E-state index in [9.17, 15) is 4.79 Å². The molecule has 0 radical (unpaired) electrons. The minimum atomic E-state index is -0.0790. The van der Waals surface area contributed by atoms with E-state index < -0.39 is 0 Å². The van der Waals surface area contributed by atoms with Gasteiger partial charge in [-0.25, -0.2) is 14.8 Å². The predicted octanol–water partition coefficient (Wildman–Crippen LogP) is 0.146. The summed E-state index contributed by atoms with van der Waals surface area (Å²) in [6.07, 6.45) is 1.74. The molecule has 6 heteroatoms. The summed E-state index contributed by atoms with van der Waals surface area (Å²) in [6.45, 7) is 3.85. The van der Waals surface area contributed by atoms with Gasteiger partial charge in [-0.3, -0.25) is 0 Å². The Morgan fingerprint density at radius 3 is 2.82 bits per heavy atom. The quantitative estimate of drug-likeness (QED) is 0.715. The third-order valence-corrected chi connectivity index (χ3v) is 2.12. The molecular weight excluding hydrogens is 218 g/mol. The van der Waals surface area contributed by atoms with E-state index in [-0.39, 0.29) is 6.03 Å². The van der Waals surface area contributed by atoms with Crippen LogP contribution in [0.15, 0.2) is 12.3 Å². The summed E-state index contributed by atoms with van der Waals surface area (Å²) in [5.74, 6) is 0.769. The van der Waals surface area contributed by atoms with Crippen LogP contribution in [0, 0.1) is 6.92 Å². The Kier molecular flexibility index (Phi) is 5.35. The van der Waals surface area contributed by atoms with Gasteiger partial charge in [0.2, 0.25) is 0 Å². The zero-order valence-electron chi connectivity index (χ0n) is 10.5. The molecule has 0 spiro atoms. The molecule has 0 saturated carbocycles. The number of rotatable bonds is 5. The number of nitrogens with zero attached hydrogens (tertiary/aromatic N) is 3. The SMILES string of the molecule is Cc1nccc(CNCCNC(=O)N(C)C)n1. The fraction of sp³-hybridized carbons (Fsp3) is 0.545. The number of aromatic nitrogens is 2. The van der Waals surface area contributed by atoms with Gasteiger partial charge in [-0.05, 0) is 13.0 Å². The highest BCUT2D eigenvalue weighted by Crippen LogP contribution is 1.93. The maximum atomic E-state index is 11.2. The molecular formula is C11H19N5O. The summed E-state index contributed by atoms with van der Waals surface area (Å²) in [5.41, 5.74) is 0.955. The van der Waals surface area contributed by atoms with Crippen LogP contribution in [0.2, 0.25) is 0 Å². The van der Waals surface area contributed by atoms with E-state index in [1.807, 2.05) is 13.0 Å². The second-order valence-electron chi connectivity index (χ2n) is 3.90. The zero-order chi connectivity index (χ0) is 12.7. The van der Waals surface area contributed by atoms with Crippen molar-refractivity contribution in [3.05, 3.63) is 23.8 Å². The van der Waals surface area contributed by atoms with Crippen LogP contribution in [0.5, 0.6) is 0 Å². The number of urea groups is 1. The molecule has 1 aromatic heterocycles. The monoisotopic (exact) mass is 237 g/mol. The molecule has 6 nitrogen and oxygen atoms in total. The standard InChI is InChI=1S/C11H19N5O/c1-9-13-5-4-10(15-9)8-12-6-7-14-11(17)16(2)3/h4-5,12H,6-8H2,1-3H3,(H,14,17). The molecule has 0 bridgehead atoms. The lowest BCUT2D eigenvalue weighted by molar-refractivity contribution is 0.217. The van der Waals surface area contributed by atoms with Gasteiger partial charge < -0.3 is 15.5 Å². The van der Waals surface area contributed by atoms with Crippen molar-refractivity contribution in [2.75, 3.05) is 27.2 Å². The highest BCUT2D eigenvalue weighted by Gasteiger charge is 2.00. The van der Waals surface area contributed by atoms with Crippen molar-refractivity contribution in [2.45, 2.75) is 13.5 Å². The molecule has 1 heterocycles. The first-order chi connectivity index (χ1) is 8.09. The van der Waals surface area contributed by atoms with Gasteiger partial charge in [0, 0.05) is 39.9 Å². The number of hydrogen-bond acceptors (Lipinski definition) is 4. The molecule has 94 valence electrons. The van der Waals surface area contributed by atoms with Crippen molar-refractivity contribution in [3.8, 4) is 0 Å². The summed E-state index contributed by atoms with van der Waals surface area (Å²) in [6, 6.07) is 1.79. The Morgan fingerprint density at radius 2 is 2.18 bits per heavy atom. The number of amides is 2. The Bertz CT molecular complexity index is 367. The number of hydrogen-bond donors (Lipinski definition) is 2. The minimum absolute atomic E-state index is 0.0790. The molecule has 0 aromatic carbocycles. The van der Waals surface area contributed by atoms with Gasteiger partial charge >= 0.3 is 6.03 Å². The van der Waals surface area contributed by atoms with Crippen molar-refractivity contribution in [1.82, 2.24) is 25.5 Å². The van der Waals surface area contributed by atoms with Gasteiger partial charge in [0.1, 0.15) is 5.82 Å². The minimum Gasteiger partial charge on any atom is -0.337 e. The largest absolute Gasteiger partial charge is 0.337 e. The van der Waals surface area contributed by atoms with Gasteiger partial charge in [-0.2, -0.15) is 0 Å².